The number of hydrogen-bond acceptors (Lipinski definition) is 2. The highest BCUT2D eigenvalue weighted by atomic mass is 15.1. The van der Waals surface area contributed by atoms with Crippen LogP contribution < -0.4 is 9.80 Å². The van der Waals surface area contributed by atoms with Crippen LogP contribution in [-0.2, 0) is 0 Å². The summed E-state index contributed by atoms with van der Waals surface area (Å²) in [4.78, 5) is 4.74. The van der Waals surface area contributed by atoms with Gasteiger partial charge in [-0.1, -0.05) is 170 Å². The molecule has 0 spiro atoms. The monoisotopic (exact) mass is 829 g/mol. The zero-order valence-electron chi connectivity index (χ0n) is 35.7. The molecule has 306 valence electrons. The number of hydrogen-bond donors (Lipinski definition) is 0. The van der Waals surface area contributed by atoms with Gasteiger partial charge in [0.15, 0.2) is 0 Å². The van der Waals surface area contributed by atoms with E-state index in [-0.39, 0.29) is 0 Å². The first kappa shape index (κ1) is 38.0. The fourth-order valence-electron chi connectivity index (χ4n) is 9.74. The van der Waals surface area contributed by atoms with Gasteiger partial charge in [0, 0.05) is 55.5 Å². The van der Waals surface area contributed by atoms with Gasteiger partial charge in [-0.05, 0) is 118 Å². The Morgan fingerprint density at radius 3 is 1.26 bits per heavy atom. The smallest absolute Gasteiger partial charge is 0.0619 e. The van der Waals surface area contributed by atoms with Crippen LogP contribution in [0.4, 0.5) is 34.1 Å². The van der Waals surface area contributed by atoms with Gasteiger partial charge in [0.1, 0.15) is 0 Å². The van der Waals surface area contributed by atoms with Gasteiger partial charge >= 0.3 is 0 Å². The Bertz CT molecular complexity index is 3620. The van der Waals surface area contributed by atoms with E-state index in [1.165, 1.54) is 48.9 Å². The highest BCUT2D eigenvalue weighted by Crippen LogP contribution is 2.45. The van der Waals surface area contributed by atoms with Gasteiger partial charge < -0.3 is 14.4 Å². The molecule has 1 heterocycles. The highest BCUT2D eigenvalue weighted by Gasteiger charge is 2.21. The van der Waals surface area contributed by atoms with E-state index < -0.39 is 0 Å². The van der Waals surface area contributed by atoms with Crippen LogP contribution in [0.1, 0.15) is 0 Å². The van der Waals surface area contributed by atoms with Crippen molar-refractivity contribution in [2.75, 3.05) is 9.80 Å². The molecular formula is C62H43N3. The molecule has 0 aliphatic rings. The maximum absolute atomic E-state index is 2.44. The number of fused-ring (bicyclic) bond motifs is 5. The molecule has 0 atom stereocenters. The molecule has 65 heavy (non-hydrogen) atoms. The third-order valence-corrected chi connectivity index (χ3v) is 12.7. The topological polar surface area (TPSA) is 11.4 Å². The van der Waals surface area contributed by atoms with Gasteiger partial charge in [-0.25, -0.2) is 0 Å². The fourth-order valence-corrected chi connectivity index (χ4v) is 9.74. The molecule has 11 aromatic carbocycles. The van der Waals surface area contributed by atoms with E-state index >= 15 is 0 Å². The van der Waals surface area contributed by atoms with Crippen molar-refractivity contribution < 1.29 is 0 Å². The van der Waals surface area contributed by atoms with Gasteiger partial charge in [0.05, 0.1) is 22.4 Å². The number of aromatic nitrogens is 1. The van der Waals surface area contributed by atoms with Crippen molar-refractivity contribution in [3.05, 3.63) is 261 Å². The Balaban J connectivity index is 1.03. The Labute approximate surface area is 378 Å². The average Bonchev–Trinajstić information content (AvgIpc) is 3.72. The first-order chi connectivity index (χ1) is 32.3. The molecule has 0 aliphatic heterocycles. The third kappa shape index (κ3) is 6.78. The van der Waals surface area contributed by atoms with Crippen LogP contribution in [0.5, 0.6) is 0 Å². The number of anilines is 6. The van der Waals surface area contributed by atoms with E-state index in [0.717, 1.165) is 56.5 Å². The Morgan fingerprint density at radius 2 is 0.708 bits per heavy atom. The van der Waals surface area contributed by atoms with Crippen molar-refractivity contribution in [1.29, 1.82) is 0 Å². The summed E-state index contributed by atoms with van der Waals surface area (Å²) in [6.45, 7) is 0. The number of benzene rings is 11. The second-order valence-corrected chi connectivity index (χ2v) is 16.5. The summed E-state index contributed by atoms with van der Waals surface area (Å²) in [5.74, 6) is 0. The summed E-state index contributed by atoms with van der Waals surface area (Å²) in [5, 5.41) is 7.29. The predicted molar refractivity (Wildman–Crippen MR) is 276 cm³/mol. The van der Waals surface area contributed by atoms with Crippen LogP contribution in [0, 0.1) is 0 Å². The minimum absolute atomic E-state index is 1.09. The zero-order valence-corrected chi connectivity index (χ0v) is 35.7. The van der Waals surface area contributed by atoms with Crippen LogP contribution in [0.25, 0.3) is 71.3 Å². The largest absolute Gasteiger partial charge is 0.310 e. The van der Waals surface area contributed by atoms with Gasteiger partial charge in [0.25, 0.3) is 0 Å². The molecule has 12 aromatic rings. The molecule has 0 unspecified atom stereocenters. The Morgan fingerprint density at radius 1 is 0.277 bits per heavy atom. The zero-order chi connectivity index (χ0) is 43.1. The van der Waals surface area contributed by atoms with Crippen molar-refractivity contribution >= 4 is 77.5 Å². The van der Waals surface area contributed by atoms with E-state index in [1.54, 1.807) is 0 Å². The van der Waals surface area contributed by atoms with Crippen LogP contribution in [0.2, 0.25) is 0 Å². The van der Waals surface area contributed by atoms with Gasteiger partial charge in [-0.2, -0.15) is 0 Å². The van der Waals surface area contributed by atoms with E-state index in [4.69, 9.17) is 0 Å². The third-order valence-electron chi connectivity index (χ3n) is 12.7. The first-order valence-corrected chi connectivity index (χ1v) is 22.3. The number of nitrogens with zero attached hydrogens (tertiary/aromatic N) is 3. The molecule has 12 rings (SSSR count). The van der Waals surface area contributed by atoms with Crippen molar-refractivity contribution in [2.45, 2.75) is 0 Å². The minimum Gasteiger partial charge on any atom is -0.310 e. The van der Waals surface area contributed by atoms with Crippen LogP contribution in [-0.4, -0.2) is 4.57 Å². The maximum atomic E-state index is 2.44. The number of rotatable bonds is 9. The van der Waals surface area contributed by atoms with Crippen molar-refractivity contribution in [2.24, 2.45) is 0 Å². The summed E-state index contributed by atoms with van der Waals surface area (Å²) in [6, 6.07) is 94.4. The lowest BCUT2D eigenvalue weighted by Gasteiger charge is -2.27. The Hall–Kier alpha value is -8.66. The molecule has 3 heteroatoms. The van der Waals surface area contributed by atoms with E-state index in [2.05, 4.69) is 275 Å². The normalized spacial score (nSPS) is 11.4. The molecule has 1 aromatic heterocycles. The summed E-state index contributed by atoms with van der Waals surface area (Å²) >= 11 is 0. The molecule has 0 radical (unpaired) electrons. The quantitative estimate of drug-likeness (QED) is 0.144. The maximum Gasteiger partial charge on any atom is 0.0619 e. The average molecular weight is 830 g/mol. The summed E-state index contributed by atoms with van der Waals surface area (Å²) in [6.07, 6.45) is 0. The molecular weight excluding hydrogens is 787 g/mol. The Kier molecular flexibility index (Phi) is 9.50. The molecule has 0 saturated heterocycles. The second-order valence-electron chi connectivity index (χ2n) is 16.5. The molecule has 0 saturated carbocycles. The van der Waals surface area contributed by atoms with Crippen LogP contribution >= 0.6 is 0 Å². The van der Waals surface area contributed by atoms with E-state index in [9.17, 15) is 0 Å². The molecule has 3 nitrogen and oxygen atoms in total. The van der Waals surface area contributed by atoms with Crippen molar-refractivity contribution in [3.8, 4) is 27.9 Å². The standard InChI is InChI=1S/C62H43N3/c1-4-22-49(23-5-1)63(59-32-16-20-45-18-10-12-28-54(45)59)52-38-34-44(35-39-52)48-42-57(62-58(43-48)56-30-14-15-31-61(56)65(62)51-26-8-3-9-27-51)47-36-40-53(41-37-47)64(50-24-6-2-7-25-50)60-33-17-21-46-19-11-13-29-55(46)60/h1-43H. The van der Waals surface area contributed by atoms with Gasteiger partial charge in [-0.15, -0.1) is 0 Å². The van der Waals surface area contributed by atoms with E-state index in [0.29, 0.717) is 0 Å². The number of para-hydroxylation sites is 4. The molecule has 0 N–H and O–H groups in total. The van der Waals surface area contributed by atoms with Crippen molar-refractivity contribution in [1.82, 2.24) is 4.57 Å². The second kappa shape index (κ2) is 16.2. The lowest BCUT2D eigenvalue weighted by Crippen LogP contribution is -2.10. The highest BCUT2D eigenvalue weighted by molar-refractivity contribution is 6.15. The van der Waals surface area contributed by atoms with Gasteiger partial charge in [-0.3, -0.25) is 0 Å². The lowest BCUT2D eigenvalue weighted by atomic mass is 9.95. The van der Waals surface area contributed by atoms with Crippen molar-refractivity contribution in [3.63, 3.8) is 0 Å². The lowest BCUT2D eigenvalue weighted by molar-refractivity contribution is 1.18. The van der Waals surface area contributed by atoms with Gasteiger partial charge in [0.2, 0.25) is 0 Å². The molecule has 0 amide bonds. The molecule has 0 fully saturated rings. The summed E-state index contributed by atoms with van der Waals surface area (Å²) < 4.78 is 2.44. The molecule has 0 aliphatic carbocycles. The van der Waals surface area contributed by atoms with Crippen LogP contribution in [0.3, 0.4) is 0 Å². The molecule has 0 bridgehead atoms. The fraction of sp³-hybridized carbons (Fsp3) is 0. The predicted octanol–water partition coefficient (Wildman–Crippen LogP) is 17.4. The van der Waals surface area contributed by atoms with Crippen LogP contribution in [0.15, 0.2) is 261 Å². The minimum atomic E-state index is 1.09. The summed E-state index contributed by atoms with van der Waals surface area (Å²) in [5.41, 5.74) is 14.8. The van der Waals surface area contributed by atoms with E-state index in [1.807, 2.05) is 0 Å². The SMILES string of the molecule is c1ccc(N(c2ccc(-c3cc(-c4ccc(N(c5ccccc5)c5cccc6ccccc56)cc4)c4c(c3)c3ccccc3n4-c3ccccc3)cc2)c2cccc3ccccc23)cc1. The summed E-state index contributed by atoms with van der Waals surface area (Å²) in [7, 11) is 0. The first-order valence-electron chi connectivity index (χ1n) is 22.3.